The van der Waals surface area contributed by atoms with Crippen molar-refractivity contribution in [2.24, 2.45) is 0 Å². The zero-order chi connectivity index (χ0) is 41.2. The molecule has 1 heterocycles. The molecule has 2 nitrogen and oxygen atoms in total. The van der Waals surface area contributed by atoms with E-state index in [-0.39, 0.29) is 0 Å². The highest BCUT2D eigenvalue weighted by molar-refractivity contribution is 6.10. The highest BCUT2D eigenvalue weighted by atomic mass is 15.1. The number of hydrogen-bond acceptors (Lipinski definition) is 1. The maximum absolute atomic E-state index is 2.39. The van der Waals surface area contributed by atoms with E-state index in [0.717, 1.165) is 33.8 Å². The minimum atomic E-state index is 1.08. The Bertz CT molecular complexity index is 3240. The zero-order valence-corrected chi connectivity index (χ0v) is 34.1. The summed E-state index contributed by atoms with van der Waals surface area (Å²) in [6.45, 7) is 0. The minimum absolute atomic E-state index is 1.08. The van der Waals surface area contributed by atoms with Gasteiger partial charge < -0.3 is 9.47 Å². The van der Waals surface area contributed by atoms with Crippen LogP contribution < -0.4 is 4.90 Å². The molecule has 10 aromatic carbocycles. The lowest BCUT2D eigenvalue weighted by atomic mass is 9.93. The third-order valence-electron chi connectivity index (χ3n) is 12.0. The standard InChI is InChI=1S/C60H42N2/c1-5-17-43(18-6-1)48-39-49(44-19-7-2-8-20-44)41-50(40-48)45-29-33-52(34-30-45)61(53-35-31-47(32-36-53)56-26-14-13-25-55(56)46-21-9-3-10-22-46)54-37-38-58-57-27-15-16-28-59(57)62(60(58)42-54)51-23-11-4-12-24-51/h1-42H. The van der Waals surface area contributed by atoms with Gasteiger partial charge >= 0.3 is 0 Å². The van der Waals surface area contributed by atoms with Gasteiger partial charge in [-0.05, 0) is 128 Å². The summed E-state index contributed by atoms with van der Waals surface area (Å²) in [5.74, 6) is 0. The SMILES string of the molecule is c1ccc(-c2cc(-c3ccccc3)cc(-c3ccc(N(c4ccc(-c5ccccc5-c5ccccc5)cc4)c4ccc5c6ccccc6n(-c6ccccc6)c5c4)cc3)c2)cc1. The number of fused-ring (bicyclic) bond motifs is 3. The van der Waals surface area contributed by atoms with Gasteiger partial charge in [0.15, 0.2) is 0 Å². The Kier molecular flexibility index (Phi) is 9.57. The van der Waals surface area contributed by atoms with Crippen molar-refractivity contribution in [3.05, 3.63) is 255 Å². The average Bonchev–Trinajstić information content (AvgIpc) is 3.69. The van der Waals surface area contributed by atoms with E-state index < -0.39 is 0 Å². The van der Waals surface area contributed by atoms with Crippen molar-refractivity contribution in [1.29, 1.82) is 0 Å². The zero-order valence-electron chi connectivity index (χ0n) is 34.1. The predicted molar refractivity (Wildman–Crippen MR) is 263 cm³/mol. The molecule has 0 N–H and O–H groups in total. The van der Waals surface area contributed by atoms with Crippen molar-refractivity contribution < 1.29 is 0 Å². The van der Waals surface area contributed by atoms with Crippen molar-refractivity contribution in [3.8, 4) is 61.3 Å². The molecule has 0 saturated carbocycles. The van der Waals surface area contributed by atoms with Crippen LogP contribution in [0.5, 0.6) is 0 Å². The number of aromatic nitrogens is 1. The molecule has 62 heavy (non-hydrogen) atoms. The molecule has 0 bridgehead atoms. The van der Waals surface area contributed by atoms with Crippen LogP contribution in [0, 0.1) is 0 Å². The van der Waals surface area contributed by atoms with Gasteiger partial charge in [0.25, 0.3) is 0 Å². The maximum atomic E-state index is 2.39. The number of para-hydroxylation sites is 2. The molecule has 2 heteroatoms. The predicted octanol–water partition coefficient (Wildman–Crippen LogP) is 16.6. The second-order valence-corrected chi connectivity index (χ2v) is 15.8. The summed E-state index contributed by atoms with van der Waals surface area (Å²) >= 11 is 0. The fourth-order valence-corrected chi connectivity index (χ4v) is 8.99. The van der Waals surface area contributed by atoms with Gasteiger partial charge in [-0.15, -0.1) is 0 Å². The van der Waals surface area contributed by atoms with Crippen LogP contribution in [0.3, 0.4) is 0 Å². The molecule has 1 aromatic heterocycles. The Morgan fingerprint density at radius 3 is 1.18 bits per heavy atom. The van der Waals surface area contributed by atoms with E-state index in [9.17, 15) is 0 Å². The third-order valence-corrected chi connectivity index (χ3v) is 12.0. The Morgan fingerprint density at radius 1 is 0.242 bits per heavy atom. The van der Waals surface area contributed by atoms with Crippen LogP contribution in [0.1, 0.15) is 0 Å². The van der Waals surface area contributed by atoms with Gasteiger partial charge in [0.05, 0.1) is 11.0 Å². The molecule has 11 aromatic rings. The summed E-state index contributed by atoms with van der Waals surface area (Å²) < 4.78 is 2.39. The van der Waals surface area contributed by atoms with E-state index in [1.54, 1.807) is 0 Å². The first kappa shape index (κ1) is 36.8. The monoisotopic (exact) mass is 790 g/mol. The molecule has 0 unspecified atom stereocenters. The molecule has 0 radical (unpaired) electrons. The fourth-order valence-electron chi connectivity index (χ4n) is 8.99. The highest BCUT2D eigenvalue weighted by Gasteiger charge is 2.19. The second kappa shape index (κ2) is 16.1. The second-order valence-electron chi connectivity index (χ2n) is 15.8. The van der Waals surface area contributed by atoms with Crippen LogP contribution in [-0.2, 0) is 0 Å². The van der Waals surface area contributed by atoms with Gasteiger partial charge in [0, 0.05) is 33.5 Å². The quantitative estimate of drug-likeness (QED) is 0.141. The molecular formula is C60H42N2. The summed E-state index contributed by atoms with van der Waals surface area (Å²) in [5.41, 5.74) is 18.7. The summed E-state index contributed by atoms with van der Waals surface area (Å²) in [6, 6.07) is 92.1. The van der Waals surface area contributed by atoms with Crippen molar-refractivity contribution in [3.63, 3.8) is 0 Å². The van der Waals surface area contributed by atoms with E-state index in [1.165, 1.54) is 66.4 Å². The molecule has 11 rings (SSSR count). The molecule has 0 aliphatic carbocycles. The lowest BCUT2D eigenvalue weighted by Crippen LogP contribution is -2.10. The molecule has 0 aliphatic heterocycles. The number of rotatable bonds is 9. The van der Waals surface area contributed by atoms with Crippen LogP contribution in [0.15, 0.2) is 255 Å². The van der Waals surface area contributed by atoms with E-state index >= 15 is 0 Å². The van der Waals surface area contributed by atoms with E-state index in [1.807, 2.05) is 0 Å². The Balaban J connectivity index is 1.05. The first-order valence-corrected chi connectivity index (χ1v) is 21.3. The van der Waals surface area contributed by atoms with Gasteiger partial charge in [-0.1, -0.05) is 182 Å². The van der Waals surface area contributed by atoms with Crippen LogP contribution in [0.25, 0.3) is 83.1 Å². The summed E-state index contributed by atoms with van der Waals surface area (Å²) in [6.07, 6.45) is 0. The summed E-state index contributed by atoms with van der Waals surface area (Å²) in [7, 11) is 0. The number of hydrogen-bond donors (Lipinski definition) is 0. The molecular weight excluding hydrogens is 749 g/mol. The third kappa shape index (κ3) is 6.94. The number of benzene rings is 10. The largest absolute Gasteiger partial charge is 0.310 e. The fraction of sp³-hybridized carbons (Fsp3) is 0. The molecule has 0 spiro atoms. The Labute approximate surface area is 362 Å². The maximum Gasteiger partial charge on any atom is 0.0561 e. The van der Waals surface area contributed by atoms with Crippen molar-refractivity contribution in [2.75, 3.05) is 4.90 Å². The van der Waals surface area contributed by atoms with Crippen molar-refractivity contribution in [1.82, 2.24) is 4.57 Å². The van der Waals surface area contributed by atoms with Gasteiger partial charge in [0.2, 0.25) is 0 Å². The van der Waals surface area contributed by atoms with E-state index in [4.69, 9.17) is 0 Å². The first-order valence-electron chi connectivity index (χ1n) is 21.3. The highest BCUT2D eigenvalue weighted by Crippen LogP contribution is 2.42. The molecule has 0 amide bonds. The molecule has 292 valence electrons. The lowest BCUT2D eigenvalue weighted by molar-refractivity contribution is 1.18. The molecule has 0 saturated heterocycles. The molecule has 0 atom stereocenters. The normalized spacial score (nSPS) is 11.2. The number of nitrogens with zero attached hydrogens (tertiary/aromatic N) is 2. The minimum Gasteiger partial charge on any atom is -0.310 e. The van der Waals surface area contributed by atoms with Gasteiger partial charge in [-0.3, -0.25) is 0 Å². The van der Waals surface area contributed by atoms with Crippen LogP contribution in [-0.4, -0.2) is 4.57 Å². The van der Waals surface area contributed by atoms with Crippen LogP contribution in [0.4, 0.5) is 17.1 Å². The summed E-state index contributed by atoms with van der Waals surface area (Å²) in [5, 5.41) is 2.46. The smallest absolute Gasteiger partial charge is 0.0561 e. The van der Waals surface area contributed by atoms with E-state index in [2.05, 4.69) is 264 Å². The van der Waals surface area contributed by atoms with Crippen molar-refractivity contribution >= 4 is 38.9 Å². The number of anilines is 3. The molecule has 0 fully saturated rings. The topological polar surface area (TPSA) is 8.17 Å². The van der Waals surface area contributed by atoms with Crippen molar-refractivity contribution in [2.45, 2.75) is 0 Å². The van der Waals surface area contributed by atoms with E-state index in [0.29, 0.717) is 0 Å². The average molecular weight is 791 g/mol. The Morgan fingerprint density at radius 2 is 0.629 bits per heavy atom. The Hall–Kier alpha value is -8.20. The molecule has 0 aliphatic rings. The van der Waals surface area contributed by atoms with Gasteiger partial charge in [-0.2, -0.15) is 0 Å². The van der Waals surface area contributed by atoms with Crippen LogP contribution in [0.2, 0.25) is 0 Å². The lowest BCUT2D eigenvalue weighted by Gasteiger charge is -2.26. The first-order chi connectivity index (χ1) is 30.7. The van der Waals surface area contributed by atoms with Gasteiger partial charge in [-0.25, -0.2) is 0 Å². The van der Waals surface area contributed by atoms with Crippen LogP contribution >= 0.6 is 0 Å². The van der Waals surface area contributed by atoms with Gasteiger partial charge in [0.1, 0.15) is 0 Å². The summed E-state index contributed by atoms with van der Waals surface area (Å²) in [4.78, 5) is 2.39.